The molecule has 0 saturated heterocycles. The lowest BCUT2D eigenvalue weighted by Gasteiger charge is -2.05. The van der Waals surface area contributed by atoms with Crippen LogP contribution in [0.2, 0.25) is 0 Å². The first-order valence-electron chi connectivity index (χ1n) is 10.2. The van der Waals surface area contributed by atoms with Crippen molar-refractivity contribution in [2.24, 2.45) is 4.99 Å². The van der Waals surface area contributed by atoms with Crippen molar-refractivity contribution in [3.05, 3.63) is 83.4 Å². The third kappa shape index (κ3) is 3.23. The fourth-order valence-corrected chi connectivity index (χ4v) is 4.08. The molecule has 29 heavy (non-hydrogen) atoms. The molecule has 3 heteroatoms. The van der Waals surface area contributed by atoms with E-state index in [4.69, 9.17) is 4.74 Å². The highest BCUT2D eigenvalue weighted by molar-refractivity contribution is 6.08. The van der Waals surface area contributed by atoms with E-state index in [-0.39, 0.29) is 6.10 Å². The van der Waals surface area contributed by atoms with Crippen molar-refractivity contribution in [1.82, 2.24) is 4.57 Å². The summed E-state index contributed by atoms with van der Waals surface area (Å²) in [6, 6.07) is 23.7. The molecule has 1 aliphatic rings. The Bertz CT molecular complexity index is 1250. The highest BCUT2D eigenvalue weighted by Crippen LogP contribution is 2.30. The minimum absolute atomic E-state index is 0.179. The summed E-state index contributed by atoms with van der Waals surface area (Å²) in [6.45, 7) is 5.96. The Morgan fingerprint density at radius 2 is 1.66 bits per heavy atom. The third-order valence-corrected chi connectivity index (χ3v) is 5.54. The Morgan fingerprint density at radius 1 is 0.931 bits per heavy atom. The lowest BCUT2D eigenvalue weighted by Crippen LogP contribution is -2.08. The molecule has 0 spiro atoms. The zero-order chi connectivity index (χ0) is 19.8. The molecule has 0 bridgehead atoms. The first-order chi connectivity index (χ1) is 14.2. The Morgan fingerprint density at radius 3 is 2.41 bits per heavy atom. The molecule has 0 radical (unpaired) electrons. The van der Waals surface area contributed by atoms with Gasteiger partial charge in [0.15, 0.2) is 0 Å². The van der Waals surface area contributed by atoms with E-state index < -0.39 is 0 Å². The maximum Gasteiger partial charge on any atom is 0.216 e. The van der Waals surface area contributed by atoms with Gasteiger partial charge in [-0.2, -0.15) is 0 Å². The summed E-state index contributed by atoms with van der Waals surface area (Å²) >= 11 is 0. The second-order valence-corrected chi connectivity index (χ2v) is 7.57. The fourth-order valence-electron chi connectivity index (χ4n) is 4.08. The van der Waals surface area contributed by atoms with Crippen LogP contribution in [-0.4, -0.2) is 23.1 Å². The molecule has 1 unspecified atom stereocenters. The minimum Gasteiger partial charge on any atom is -0.472 e. The van der Waals surface area contributed by atoms with Crippen LogP contribution in [0.15, 0.2) is 71.7 Å². The van der Waals surface area contributed by atoms with Crippen molar-refractivity contribution in [1.29, 1.82) is 0 Å². The molecule has 4 aromatic rings. The summed E-state index contributed by atoms with van der Waals surface area (Å²) < 4.78 is 8.11. The number of ether oxygens (including phenoxy) is 1. The molecule has 3 nitrogen and oxygen atoms in total. The van der Waals surface area contributed by atoms with Gasteiger partial charge in [-0.3, -0.25) is 0 Å². The molecule has 3 aromatic carbocycles. The lowest BCUT2D eigenvalue weighted by molar-refractivity contribution is 0.246. The van der Waals surface area contributed by atoms with Crippen molar-refractivity contribution < 1.29 is 4.74 Å². The quantitative estimate of drug-likeness (QED) is 0.390. The first kappa shape index (κ1) is 17.7. The summed E-state index contributed by atoms with van der Waals surface area (Å²) in [5, 5.41) is 2.63. The number of aromatic nitrogens is 1. The number of hydrogen-bond donors (Lipinski definition) is 0. The van der Waals surface area contributed by atoms with Gasteiger partial charge in [-0.15, -0.1) is 0 Å². The van der Waals surface area contributed by atoms with Gasteiger partial charge in [0.1, 0.15) is 6.10 Å². The van der Waals surface area contributed by atoms with E-state index in [1.54, 1.807) is 0 Å². The highest BCUT2D eigenvalue weighted by atomic mass is 16.5. The van der Waals surface area contributed by atoms with E-state index in [1.807, 2.05) is 6.92 Å². The lowest BCUT2D eigenvalue weighted by atomic mass is 10.1. The van der Waals surface area contributed by atoms with Crippen LogP contribution in [0.3, 0.4) is 0 Å². The maximum absolute atomic E-state index is 5.73. The van der Waals surface area contributed by atoms with Gasteiger partial charge in [-0.25, -0.2) is 4.99 Å². The maximum atomic E-state index is 5.73. The molecular weight excluding hydrogens is 356 g/mol. The van der Waals surface area contributed by atoms with Gasteiger partial charge >= 0.3 is 0 Å². The van der Waals surface area contributed by atoms with Crippen molar-refractivity contribution in [3.8, 4) is 0 Å². The highest BCUT2D eigenvalue weighted by Gasteiger charge is 2.16. The smallest absolute Gasteiger partial charge is 0.216 e. The Kier molecular flexibility index (Phi) is 4.44. The summed E-state index contributed by atoms with van der Waals surface area (Å²) in [6.07, 6.45) is 4.51. The average Bonchev–Trinajstić information content (AvgIpc) is 3.33. The van der Waals surface area contributed by atoms with E-state index in [9.17, 15) is 0 Å². The standard InChI is InChI=1S/C26H24N2O/c1-3-28-24-7-5-4-6-22(24)23-16-20(12-15-25(23)28)9-8-19-10-13-21(14-11-19)26-27-17-18(2)29-26/h4-16,18H,3,17H2,1-2H3/b9-8+. The van der Waals surface area contributed by atoms with Gasteiger partial charge in [-0.05, 0) is 55.3 Å². The first-order valence-corrected chi connectivity index (χ1v) is 10.2. The van der Waals surface area contributed by atoms with Crippen LogP contribution < -0.4 is 0 Å². The van der Waals surface area contributed by atoms with Gasteiger partial charge in [0.25, 0.3) is 0 Å². The SMILES string of the molecule is CCn1c2ccccc2c2cc(/C=C/c3ccc(C4=NCC(C)O4)cc3)ccc21. The Labute approximate surface area is 171 Å². The van der Waals surface area contributed by atoms with E-state index in [0.717, 1.165) is 30.1 Å². The van der Waals surface area contributed by atoms with Crippen molar-refractivity contribution in [2.45, 2.75) is 26.5 Å². The third-order valence-electron chi connectivity index (χ3n) is 5.54. The molecule has 0 N–H and O–H groups in total. The van der Waals surface area contributed by atoms with Gasteiger partial charge in [0.05, 0.1) is 6.54 Å². The number of nitrogens with zero attached hydrogens (tertiary/aromatic N) is 2. The molecule has 2 heterocycles. The molecular formula is C26H24N2O. The largest absolute Gasteiger partial charge is 0.472 e. The van der Waals surface area contributed by atoms with Gasteiger partial charge in [0.2, 0.25) is 5.90 Å². The minimum atomic E-state index is 0.179. The molecule has 1 aromatic heterocycles. The molecule has 1 atom stereocenters. The van der Waals surface area contributed by atoms with Crippen molar-refractivity contribution >= 4 is 39.9 Å². The van der Waals surface area contributed by atoms with Crippen LogP contribution in [0.5, 0.6) is 0 Å². The van der Waals surface area contributed by atoms with Crippen molar-refractivity contribution in [2.75, 3.05) is 6.54 Å². The number of aliphatic imine (C=N–C) groups is 1. The molecule has 1 aliphatic heterocycles. The van der Waals surface area contributed by atoms with E-state index in [1.165, 1.54) is 27.4 Å². The topological polar surface area (TPSA) is 26.5 Å². The number of hydrogen-bond acceptors (Lipinski definition) is 2. The molecule has 0 amide bonds. The second kappa shape index (κ2) is 7.25. The number of aryl methyl sites for hydroxylation is 1. The van der Waals surface area contributed by atoms with E-state index in [0.29, 0.717) is 0 Å². The zero-order valence-electron chi connectivity index (χ0n) is 16.8. The zero-order valence-corrected chi connectivity index (χ0v) is 16.8. The van der Waals surface area contributed by atoms with Crippen LogP contribution in [0.1, 0.15) is 30.5 Å². The van der Waals surface area contributed by atoms with Gasteiger partial charge < -0.3 is 9.30 Å². The van der Waals surface area contributed by atoms with Crippen LogP contribution in [0, 0.1) is 0 Å². The number of para-hydroxylation sites is 1. The summed E-state index contributed by atoms with van der Waals surface area (Å²) in [5.74, 6) is 0.755. The van der Waals surface area contributed by atoms with Crippen LogP contribution in [0.25, 0.3) is 34.0 Å². The predicted octanol–water partition coefficient (Wildman–Crippen LogP) is 6.15. The molecule has 5 rings (SSSR count). The van der Waals surface area contributed by atoms with Gasteiger partial charge in [-0.1, -0.05) is 48.6 Å². The monoisotopic (exact) mass is 380 g/mol. The normalized spacial score (nSPS) is 16.6. The summed E-state index contributed by atoms with van der Waals surface area (Å²) in [7, 11) is 0. The average molecular weight is 380 g/mol. The molecule has 0 saturated carbocycles. The number of fused-ring (bicyclic) bond motifs is 3. The number of rotatable bonds is 4. The van der Waals surface area contributed by atoms with E-state index >= 15 is 0 Å². The second-order valence-electron chi connectivity index (χ2n) is 7.57. The molecule has 0 fully saturated rings. The summed E-state index contributed by atoms with van der Waals surface area (Å²) in [4.78, 5) is 4.45. The Hall–Kier alpha value is -3.33. The Balaban J connectivity index is 1.44. The van der Waals surface area contributed by atoms with Crippen LogP contribution >= 0.6 is 0 Å². The molecule has 0 aliphatic carbocycles. The van der Waals surface area contributed by atoms with Crippen LogP contribution in [-0.2, 0) is 11.3 Å². The van der Waals surface area contributed by atoms with Gasteiger partial charge in [0, 0.05) is 33.9 Å². The predicted molar refractivity (Wildman–Crippen MR) is 122 cm³/mol. The van der Waals surface area contributed by atoms with Crippen molar-refractivity contribution in [3.63, 3.8) is 0 Å². The summed E-state index contributed by atoms with van der Waals surface area (Å²) in [5.41, 5.74) is 6.00. The molecule has 144 valence electrons. The fraction of sp³-hybridized carbons (Fsp3) is 0.192. The van der Waals surface area contributed by atoms with Crippen LogP contribution in [0.4, 0.5) is 0 Å². The number of benzene rings is 3. The van der Waals surface area contributed by atoms with E-state index in [2.05, 4.69) is 95.4 Å².